The van der Waals surface area contributed by atoms with Gasteiger partial charge in [-0.1, -0.05) is 29.8 Å². The first-order valence-corrected chi connectivity index (χ1v) is 5.17. The van der Waals surface area contributed by atoms with Crippen molar-refractivity contribution in [1.29, 1.82) is 0 Å². The van der Waals surface area contributed by atoms with Crippen LogP contribution in [-0.4, -0.2) is 31.3 Å². The van der Waals surface area contributed by atoms with E-state index in [-0.39, 0.29) is 6.42 Å². The Kier molecular flexibility index (Phi) is 3.13. The molecule has 6 nitrogen and oxygen atoms in total. The molecule has 0 aliphatic carbocycles. The first kappa shape index (κ1) is 11.3. The molecule has 0 saturated heterocycles. The summed E-state index contributed by atoms with van der Waals surface area (Å²) in [5.74, 6) is -0.581. The fourth-order valence-corrected chi connectivity index (χ4v) is 1.47. The number of benzene rings is 1. The van der Waals surface area contributed by atoms with E-state index >= 15 is 0 Å². The van der Waals surface area contributed by atoms with Crippen molar-refractivity contribution in [3.63, 3.8) is 0 Å². The molecule has 0 saturated carbocycles. The number of hydrogen-bond acceptors (Lipinski definition) is 4. The third-order valence-electron chi connectivity index (χ3n) is 2.37. The van der Waals surface area contributed by atoms with E-state index in [1.54, 1.807) is 0 Å². The summed E-state index contributed by atoms with van der Waals surface area (Å²) in [6.07, 6.45) is -0.168. The van der Waals surface area contributed by atoms with Crippen LogP contribution in [0.1, 0.15) is 17.0 Å². The lowest BCUT2D eigenvalue weighted by Crippen LogP contribution is -2.11. The number of nitrogens with zero attached hydrogens (tertiary/aromatic N) is 4. The summed E-state index contributed by atoms with van der Waals surface area (Å²) in [6, 6.07) is 7.94. The highest BCUT2D eigenvalue weighted by Gasteiger charge is 2.10. The van der Waals surface area contributed by atoms with Crippen LogP contribution < -0.4 is 0 Å². The number of tetrazole rings is 1. The molecule has 0 radical (unpaired) electrons. The summed E-state index contributed by atoms with van der Waals surface area (Å²) >= 11 is 0. The van der Waals surface area contributed by atoms with Crippen molar-refractivity contribution in [2.75, 3.05) is 0 Å². The van der Waals surface area contributed by atoms with Gasteiger partial charge in [0, 0.05) is 0 Å². The molecule has 2 aromatic rings. The Bertz CT molecular complexity index is 519. The summed E-state index contributed by atoms with van der Waals surface area (Å²) in [7, 11) is 0. The van der Waals surface area contributed by atoms with Gasteiger partial charge in [0.15, 0.2) is 5.82 Å². The van der Waals surface area contributed by atoms with E-state index in [2.05, 4.69) is 15.5 Å². The number of hydrogen-bond donors (Lipinski definition) is 1. The maximum Gasteiger partial charge on any atom is 0.311 e. The van der Waals surface area contributed by atoms with Crippen LogP contribution in [0.4, 0.5) is 0 Å². The van der Waals surface area contributed by atoms with Gasteiger partial charge in [0.1, 0.15) is 6.42 Å². The van der Waals surface area contributed by atoms with Crippen molar-refractivity contribution in [2.45, 2.75) is 19.9 Å². The lowest BCUT2D eigenvalue weighted by molar-refractivity contribution is -0.136. The van der Waals surface area contributed by atoms with E-state index < -0.39 is 5.97 Å². The van der Waals surface area contributed by atoms with Crippen LogP contribution in [0.15, 0.2) is 24.3 Å². The van der Waals surface area contributed by atoms with Gasteiger partial charge in [0.25, 0.3) is 0 Å². The van der Waals surface area contributed by atoms with E-state index in [0.29, 0.717) is 12.4 Å². The molecular weight excluding hydrogens is 220 g/mol. The Morgan fingerprint density at radius 2 is 2.06 bits per heavy atom. The zero-order valence-electron chi connectivity index (χ0n) is 9.37. The third-order valence-corrected chi connectivity index (χ3v) is 2.37. The second-order valence-corrected chi connectivity index (χ2v) is 3.81. The van der Waals surface area contributed by atoms with E-state index in [0.717, 1.165) is 5.56 Å². The van der Waals surface area contributed by atoms with Crippen molar-refractivity contribution in [3.8, 4) is 0 Å². The van der Waals surface area contributed by atoms with Gasteiger partial charge in [0.05, 0.1) is 6.54 Å². The van der Waals surface area contributed by atoms with E-state index in [1.807, 2.05) is 31.2 Å². The van der Waals surface area contributed by atoms with Gasteiger partial charge >= 0.3 is 5.97 Å². The second-order valence-electron chi connectivity index (χ2n) is 3.81. The maximum absolute atomic E-state index is 10.6. The van der Waals surface area contributed by atoms with Gasteiger partial charge in [-0.05, 0) is 22.9 Å². The average molecular weight is 232 g/mol. The number of aryl methyl sites for hydroxylation is 1. The van der Waals surface area contributed by atoms with Crippen molar-refractivity contribution in [2.24, 2.45) is 0 Å². The molecule has 88 valence electrons. The number of carbonyl (C=O) groups is 1. The van der Waals surface area contributed by atoms with E-state index in [9.17, 15) is 4.79 Å². The fourth-order valence-electron chi connectivity index (χ4n) is 1.47. The zero-order valence-corrected chi connectivity index (χ0v) is 9.37. The summed E-state index contributed by atoms with van der Waals surface area (Å²) in [5.41, 5.74) is 2.21. The molecule has 1 aromatic heterocycles. The minimum atomic E-state index is -0.940. The Morgan fingerprint density at radius 1 is 1.35 bits per heavy atom. The monoisotopic (exact) mass is 232 g/mol. The molecule has 0 spiro atoms. The molecule has 6 heteroatoms. The standard InChI is InChI=1S/C11H12N4O2/c1-8-2-4-9(5-3-8)7-15-10(6-11(16)17)12-13-14-15/h2-5H,6-7H2,1H3,(H,16,17). The van der Waals surface area contributed by atoms with E-state index in [1.165, 1.54) is 10.2 Å². The quantitative estimate of drug-likeness (QED) is 0.837. The van der Waals surface area contributed by atoms with Crippen molar-refractivity contribution >= 4 is 5.97 Å². The van der Waals surface area contributed by atoms with Crippen LogP contribution >= 0.6 is 0 Å². The molecule has 0 aliphatic rings. The van der Waals surface area contributed by atoms with Crippen LogP contribution in [0.25, 0.3) is 0 Å². The molecular formula is C11H12N4O2. The van der Waals surface area contributed by atoms with Gasteiger partial charge in [-0.2, -0.15) is 0 Å². The average Bonchev–Trinajstić information content (AvgIpc) is 2.68. The van der Waals surface area contributed by atoms with E-state index in [4.69, 9.17) is 5.11 Å². The number of rotatable bonds is 4. The lowest BCUT2D eigenvalue weighted by Gasteiger charge is -2.03. The summed E-state index contributed by atoms with van der Waals surface area (Å²) in [4.78, 5) is 10.6. The molecule has 1 heterocycles. The number of carboxylic acid groups (broad SMARTS) is 1. The van der Waals surface area contributed by atoms with Crippen molar-refractivity contribution in [3.05, 3.63) is 41.2 Å². The smallest absolute Gasteiger partial charge is 0.311 e. The number of aliphatic carboxylic acids is 1. The largest absolute Gasteiger partial charge is 0.481 e. The SMILES string of the molecule is Cc1ccc(Cn2nnnc2CC(=O)O)cc1. The van der Waals surface area contributed by atoms with Crippen LogP contribution in [0.3, 0.4) is 0 Å². The third kappa shape index (κ3) is 2.87. The molecule has 1 N–H and O–H groups in total. The summed E-state index contributed by atoms with van der Waals surface area (Å²) < 4.78 is 1.50. The number of carboxylic acids is 1. The lowest BCUT2D eigenvalue weighted by atomic mass is 10.1. The van der Waals surface area contributed by atoms with Gasteiger partial charge in [-0.3, -0.25) is 4.79 Å². The fraction of sp³-hybridized carbons (Fsp3) is 0.273. The number of aromatic nitrogens is 4. The predicted molar refractivity (Wildman–Crippen MR) is 59.4 cm³/mol. The molecule has 0 bridgehead atoms. The molecule has 0 aliphatic heterocycles. The highest BCUT2D eigenvalue weighted by atomic mass is 16.4. The maximum atomic E-state index is 10.6. The Hall–Kier alpha value is -2.24. The molecule has 0 unspecified atom stereocenters. The Balaban J connectivity index is 2.15. The summed E-state index contributed by atoms with van der Waals surface area (Å²) in [5, 5.41) is 19.7. The molecule has 0 atom stereocenters. The molecule has 1 aromatic carbocycles. The van der Waals surface area contributed by atoms with Crippen LogP contribution in [0.2, 0.25) is 0 Å². The first-order chi connectivity index (χ1) is 8.15. The topological polar surface area (TPSA) is 80.9 Å². The van der Waals surface area contributed by atoms with Gasteiger partial charge in [-0.15, -0.1) is 5.10 Å². The second kappa shape index (κ2) is 4.73. The Morgan fingerprint density at radius 3 is 2.71 bits per heavy atom. The van der Waals surface area contributed by atoms with Crippen LogP contribution in [0.5, 0.6) is 0 Å². The normalized spacial score (nSPS) is 10.4. The zero-order chi connectivity index (χ0) is 12.3. The van der Waals surface area contributed by atoms with Crippen molar-refractivity contribution < 1.29 is 9.90 Å². The van der Waals surface area contributed by atoms with Crippen LogP contribution in [0, 0.1) is 6.92 Å². The summed E-state index contributed by atoms with van der Waals surface area (Å²) in [6.45, 7) is 2.49. The van der Waals surface area contributed by atoms with Crippen LogP contribution in [-0.2, 0) is 17.8 Å². The van der Waals surface area contributed by atoms with Gasteiger partial charge in [0.2, 0.25) is 0 Å². The van der Waals surface area contributed by atoms with Gasteiger partial charge < -0.3 is 5.11 Å². The Labute approximate surface area is 97.9 Å². The van der Waals surface area contributed by atoms with Crippen molar-refractivity contribution in [1.82, 2.24) is 20.2 Å². The highest BCUT2D eigenvalue weighted by Crippen LogP contribution is 2.06. The first-order valence-electron chi connectivity index (χ1n) is 5.17. The molecule has 2 rings (SSSR count). The molecule has 0 fully saturated rings. The molecule has 17 heavy (non-hydrogen) atoms. The highest BCUT2D eigenvalue weighted by molar-refractivity contribution is 5.68. The minimum absolute atomic E-state index is 0.168. The van der Waals surface area contributed by atoms with Gasteiger partial charge in [-0.25, -0.2) is 4.68 Å². The predicted octanol–water partition coefficient (Wildman–Crippen LogP) is 0.657. The minimum Gasteiger partial charge on any atom is -0.481 e. The molecule has 0 amide bonds.